The molecule has 17 heavy (non-hydrogen) atoms. The maximum atomic E-state index is 12.0. The second-order valence-electron chi connectivity index (χ2n) is 3.82. The maximum Gasteiger partial charge on any atom is 0.335 e. The Morgan fingerprint density at radius 2 is 2.35 bits per heavy atom. The van der Waals surface area contributed by atoms with Crippen LogP contribution in [-0.4, -0.2) is 43.2 Å². The number of nitrogens with two attached hydrogens (primary N) is 1. The second kappa shape index (κ2) is 5.11. The molecular formula is C11H14N2O4. The van der Waals surface area contributed by atoms with E-state index < -0.39 is 5.63 Å². The number of hydrogen-bond acceptors (Lipinski definition) is 5. The highest BCUT2D eigenvalue weighted by Crippen LogP contribution is 2.09. The van der Waals surface area contributed by atoms with Gasteiger partial charge in [-0.05, 0) is 6.07 Å². The van der Waals surface area contributed by atoms with Crippen LogP contribution in [0.25, 0.3) is 0 Å². The molecule has 1 aliphatic rings. The normalized spacial score (nSPS) is 20.3. The van der Waals surface area contributed by atoms with Crippen molar-refractivity contribution in [3.05, 3.63) is 34.4 Å². The molecule has 1 aliphatic heterocycles. The van der Waals surface area contributed by atoms with Crippen LogP contribution < -0.4 is 11.4 Å². The van der Waals surface area contributed by atoms with Gasteiger partial charge in [-0.15, -0.1) is 0 Å². The Bertz CT molecular complexity index is 437. The summed E-state index contributed by atoms with van der Waals surface area (Å²) in [4.78, 5) is 24.5. The van der Waals surface area contributed by atoms with E-state index in [0.29, 0.717) is 31.8 Å². The van der Waals surface area contributed by atoms with Crippen LogP contribution in [0.4, 0.5) is 0 Å². The largest absolute Gasteiger partial charge is 0.430 e. The van der Waals surface area contributed by atoms with Gasteiger partial charge < -0.3 is 19.8 Å². The first kappa shape index (κ1) is 11.8. The van der Waals surface area contributed by atoms with E-state index >= 15 is 0 Å². The molecule has 2 heterocycles. The number of rotatable bonds is 2. The lowest BCUT2D eigenvalue weighted by Crippen LogP contribution is -2.48. The van der Waals surface area contributed by atoms with Gasteiger partial charge in [0.05, 0.1) is 18.3 Å². The molecule has 1 aromatic heterocycles. The van der Waals surface area contributed by atoms with Crippen molar-refractivity contribution in [1.29, 1.82) is 0 Å². The van der Waals surface area contributed by atoms with Gasteiger partial charge in [-0.3, -0.25) is 4.79 Å². The summed E-state index contributed by atoms with van der Waals surface area (Å²) < 4.78 is 10.0. The Labute approximate surface area is 98.0 Å². The number of amides is 1. The fraction of sp³-hybridized carbons (Fsp3) is 0.455. The van der Waals surface area contributed by atoms with E-state index in [-0.39, 0.29) is 12.0 Å². The summed E-state index contributed by atoms with van der Waals surface area (Å²) in [6, 6.07) is 2.69. The Balaban J connectivity index is 2.09. The highest BCUT2D eigenvalue weighted by Gasteiger charge is 2.24. The van der Waals surface area contributed by atoms with Crippen LogP contribution in [0.5, 0.6) is 0 Å². The third-order valence-corrected chi connectivity index (χ3v) is 2.64. The number of morpholine rings is 1. The fourth-order valence-corrected chi connectivity index (χ4v) is 1.71. The Hall–Kier alpha value is -1.66. The molecule has 0 saturated carbocycles. The van der Waals surface area contributed by atoms with Crippen molar-refractivity contribution < 1.29 is 13.9 Å². The van der Waals surface area contributed by atoms with E-state index in [1.54, 1.807) is 4.90 Å². The van der Waals surface area contributed by atoms with Gasteiger partial charge in [0, 0.05) is 25.7 Å². The van der Waals surface area contributed by atoms with Crippen molar-refractivity contribution in [2.75, 3.05) is 26.2 Å². The summed E-state index contributed by atoms with van der Waals surface area (Å²) in [5.41, 5.74) is 5.40. The average Bonchev–Trinajstić information content (AvgIpc) is 2.39. The summed E-state index contributed by atoms with van der Waals surface area (Å²) in [6.45, 7) is 1.85. The number of nitrogens with zero attached hydrogens (tertiary/aromatic N) is 1. The molecule has 6 nitrogen and oxygen atoms in total. The van der Waals surface area contributed by atoms with Crippen molar-refractivity contribution in [1.82, 2.24) is 4.90 Å². The average molecular weight is 238 g/mol. The van der Waals surface area contributed by atoms with Crippen LogP contribution in [-0.2, 0) is 4.74 Å². The van der Waals surface area contributed by atoms with E-state index in [2.05, 4.69) is 4.42 Å². The molecule has 0 spiro atoms. The summed E-state index contributed by atoms with van der Waals surface area (Å²) in [5.74, 6) is -0.171. The Morgan fingerprint density at radius 3 is 3.00 bits per heavy atom. The summed E-state index contributed by atoms with van der Waals surface area (Å²) in [5, 5.41) is 0. The third-order valence-electron chi connectivity index (χ3n) is 2.64. The quantitative estimate of drug-likeness (QED) is 0.746. The first-order valence-corrected chi connectivity index (χ1v) is 5.40. The number of carbonyl (C=O) groups excluding carboxylic acids is 1. The van der Waals surface area contributed by atoms with Crippen molar-refractivity contribution >= 4 is 5.91 Å². The lowest BCUT2D eigenvalue weighted by molar-refractivity contribution is -0.0168. The minimum absolute atomic E-state index is 0.122. The van der Waals surface area contributed by atoms with Crippen LogP contribution in [0.1, 0.15) is 10.4 Å². The smallest absolute Gasteiger partial charge is 0.335 e. The zero-order chi connectivity index (χ0) is 12.3. The third kappa shape index (κ3) is 2.72. The van der Waals surface area contributed by atoms with Crippen molar-refractivity contribution in [3.63, 3.8) is 0 Å². The molecule has 1 saturated heterocycles. The molecule has 6 heteroatoms. The predicted octanol–water partition coefficient (Wildman–Crippen LogP) is -0.560. The Morgan fingerprint density at radius 1 is 1.53 bits per heavy atom. The van der Waals surface area contributed by atoms with Gasteiger partial charge in [0.25, 0.3) is 5.91 Å². The van der Waals surface area contributed by atoms with Gasteiger partial charge in [0.1, 0.15) is 6.26 Å². The van der Waals surface area contributed by atoms with Gasteiger partial charge in [-0.25, -0.2) is 4.79 Å². The van der Waals surface area contributed by atoms with Crippen molar-refractivity contribution in [3.8, 4) is 0 Å². The molecule has 0 bridgehead atoms. The molecule has 1 amide bonds. The molecule has 2 rings (SSSR count). The summed E-state index contributed by atoms with van der Waals surface area (Å²) >= 11 is 0. The van der Waals surface area contributed by atoms with Gasteiger partial charge in [-0.1, -0.05) is 0 Å². The molecule has 92 valence electrons. The molecule has 0 radical (unpaired) electrons. The van der Waals surface area contributed by atoms with Crippen LogP contribution in [0.3, 0.4) is 0 Å². The molecule has 0 aromatic carbocycles. The molecule has 1 fully saturated rings. The summed E-state index contributed by atoms with van der Waals surface area (Å²) in [7, 11) is 0. The lowest BCUT2D eigenvalue weighted by atomic mass is 10.2. The minimum atomic E-state index is -0.469. The molecular weight excluding hydrogens is 224 g/mol. The molecule has 1 aromatic rings. The Kier molecular flexibility index (Phi) is 3.55. The van der Waals surface area contributed by atoms with Gasteiger partial charge >= 0.3 is 5.63 Å². The highest BCUT2D eigenvalue weighted by atomic mass is 16.5. The zero-order valence-corrected chi connectivity index (χ0v) is 9.30. The van der Waals surface area contributed by atoms with E-state index in [0.717, 1.165) is 0 Å². The van der Waals surface area contributed by atoms with Crippen LogP contribution in [0.2, 0.25) is 0 Å². The zero-order valence-electron chi connectivity index (χ0n) is 9.30. The van der Waals surface area contributed by atoms with Gasteiger partial charge in [0.15, 0.2) is 0 Å². The standard InChI is InChI=1S/C11H14N2O4/c12-5-9-6-13(3-4-16-9)11(15)8-1-2-10(14)17-7-8/h1-2,7,9H,3-6,12H2. The van der Waals surface area contributed by atoms with Crippen LogP contribution in [0.15, 0.2) is 27.6 Å². The van der Waals surface area contributed by atoms with Crippen LogP contribution in [0, 0.1) is 0 Å². The highest BCUT2D eigenvalue weighted by molar-refractivity contribution is 5.93. The predicted molar refractivity (Wildman–Crippen MR) is 59.7 cm³/mol. The van der Waals surface area contributed by atoms with E-state index in [1.165, 1.54) is 18.4 Å². The van der Waals surface area contributed by atoms with E-state index in [9.17, 15) is 9.59 Å². The maximum absolute atomic E-state index is 12.0. The van der Waals surface area contributed by atoms with E-state index in [4.69, 9.17) is 10.5 Å². The fourth-order valence-electron chi connectivity index (χ4n) is 1.71. The number of carbonyl (C=O) groups is 1. The molecule has 2 N–H and O–H groups in total. The SMILES string of the molecule is NCC1CN(C(=O)c2ccc(=O)oc2)CCO1. The molecule has 0 aliphatic carbocycles. The summed E-state index contributed by atoms with van der Waals surface area (Å²) in [6.07, 6.45) is 1.06. The first-order chi connectivity index (χ1) is 8.20. The van der Waals surface area contributed by atoms with E-state index in [1.807, 2.05) is 0 Å². The first-order valence-electron chi connectivity index (χ1n) is 5.40. The van der Waals surface area contributed by atoms with Gasteiger partial charge in [-0.2, -0.15) is 0 Å². The molecule has 1 atom stereocenters. The topological polar surface area (TPSA) is 85.8 Å². The number of hydrogen-bond donors (Lipinski definition) is 1. The monoisotopic (exact) mass is 238 g/mol. The van der Waals surface area contributed by atoms with Crippen molar-refractivity contribution in [2.45, 2.75) is 6.10 Å². The van der Waals surface area contributed by atoms with Crippen molar-refractivity contribution in [2.24, 2.45) is 5.73 Å². The van der Waals surface area contributed by atoms with Crippen LogP contribution >= 0.6 is 0 Å². The minimum Gasteiger partial charge on any atom is -0.430 e. The lowest BCUT2D eigenvalue weighted by Gasteiger charge is -2.32. The number of ether oxygens (including phenoxy) is 1. The van der Waals surface area contributed by atoms with Gasteiger partial charge in [0.2, 0.25) is 0 Å². The second-order valence-corrected chi connectivity index (χ2v) is 3.82. The molecule has 1 unspecified atom stereocenters.